The molecular weight excluding hydrogens is 266 g/mol. The Kier molecular flexibility index (Phi) is 2.36. The Hall–Kier alpha value is -1.68. The van der Waals surface area contributed by atoms with Crippen LogP contribution in [0.15, 0.2) is 12.1 Å². The van der Waals surface area contributed by atoms with Gasteiger partial charge >= 0.3 is 12.2 Å². The average molecular weight is 268 g/mol. The topological polar surface area (TPSA) is 42.2 Å². The zero-order valence-corrected chi connectivity index (χ0v) is 8.56. The zero-order valence-electron chi connectivity index (χ0n) is 7.81. The number of nitriles is 1. The second-order valence-corrected chi connectivity index (χ2v) is 3.54. The van der Waals surface area contributed by atoms with Crippen molar-refractivity contribution in [2.45, 2.75) is 12.2 Å². The quantitative estimate of drug-likeness (QED) is 0.678. The zero-order chi connectivity index (χ0) is 12.8. The van der Waals surface area contributed by atoms with Crippen molar-refractivity contribution < 1.29 is 27.0 Å². The summed E-state index contributed by atoms with van der Waals surface area (Å²) in [4.78, 5) is 0. The maximum absolute atomic E-state index is 12.8. The lowest BCUT2D eigenvalue weighted by molar-refractivity contribution is -0.391. The number of hydrogen-bond donors (Lipinski definition) is 0. The summed E-state index contributed by atoms with van der Waals surface area (Å²) in [6.07, 6.45) is -9.60. The minimum absolute atomic E-state index is 0.185. The van der Waals surface area contributed by atoms with E-state index in [1.54, 1.807) is 6.07 Å². The van der Waals surface area contributed by atoms with Gasteiger partial charge in [-0.05, 0) is 0 Å². The van der Waals surface area contributed by atoms with Gasteiger partial charge in [0.05, 0.1) is 10.6 Å². The van der Waals surface area contributed by atoms with E-state index >= 15 is 0 Å². The molecule has 8 heteroatoms. The summed E-state index contributed by atoms with van der Waals surface area (Å²) in [5.74, 6) is -1.31. The Bertz CT molecular complexity index is 526. The molecule has 0 aromatic heterocycles. The first kappa shape index (κ1) is 11.8. The monoisotopic (exact) mass is 267 g/mol. The van der Waals surface area contributed by atoms with Gasteiger partial charge in [0.15, 0.2) is 11.5 Å². The minimum atomic E-state index is -4.81. The predicted octanol–water partition coefficient (Wildman–Crippen LogP) is 3.17. The van der Waals surface area contributed by atoms with Crippen molar-refractivity contribution >= 4 is 11.6 Å². The Morgan fingerprint density at radius 3 is 2.00 bits per heavy atom. The standard InChI is InChI=1S/C9H2ClF4NO2/c10-5-2-7-6(1-4(5)3-15)16-8(11,12)9(13,14)17-7/h1-2H. The molecule has 0 fully saturated rings. The molecule has 3 nitrogen and oxygen atoms in total. The number of hydrogen-bond acceptors (Lipinski definition) is 3. The molecule has 1 aromatic rings. The lowest BCUT2D eigenvalue weighted by atomic mass is 10.2. The fraction of sp³-hybridized carbons (Fsp3) is 0.222. The summed E-state index contributed by atoms with van der Waals surface area (Å²) in [6, 6.07) is 3.22. The van der Waals surface area contributed by atoms with Crippen LogP contribution in [0.4, 0.5) is 17.6 Å². The molecule has 0 saturated heterocycles. The highest BCUT2D eigenvalue weighted by molar-refractivity contribution is 6.31. The van der Waals surface area contributed by atoms with Crippen molar-refractivity contribution in [1.82, 2.24) is 0 Å². The summed E-state index contributed by atoms with van der Waals surface area (Å²) in [5.41, 5.74) is -0.185. The van der Waals surface area contributed by atoms with Crippen LogP contribution in [0, 0.1) is 11.3 Å². The number of nitrogens with zero attached hydrogens (tertiary/aromatic N) is 1. The normalized spacial score (nSPS) is 19.5. The first-order valence-corrected chi connectivity index (χ1v) is 4.52. The van der Waals surface area contributed by atoms with Crippen LogP contribution < -0.4 is 9.47 Å². The minimum Gasteiger partial charge on any atom is -0.421 e. The summed E-state index contributed by atoms with van der Waals surface area (Å²) < 4.78 is 58.7. The maximum Gasteiger partial charge on any atom is 0.507 e. The molecule has 0 bridgehead atoms. The second-order valence-electron chi connectivity index (χ2n) is 3.13. The van der Waals surface area contributed by atoms with Crippen LogP contribution >= 0.6 is 11.6 Å². The third-order valence-electron chi connectivity index (χ3n) is 1.97. The summed E-state index contributed by atoms with van der Waals surface area (Å²) in [5, 5.41) is 8.39. The molecule has 1 aromatic carbocycles. The van der Waals surface area contributed by atoms with Crippen LogP contribution in [0.3, 0.4) is 0 Å². The predicted molar refractivity (Wildman–Crippen MR) is 47.3 cm³/mol. The Morgan fingerprint density at radius 1 is 1.06 bits per heavy atom. The maximum atomic E-state index is 12.8. The van der Waals surface area contributed by atoms with Gasteiger partial charge in [0, 0.05) is 12.1 Å². The lowest BCUT2D eigenvalue weighted by Gasteiger charge is -2.31. The molecule has 1 aliphatic rings. The van der Waals surface area contributed by atoms with Gasteiger partial charge in [-0.3, -0.25) is 0 Å². The van der Waals surface area contributed by atoms with Gasteiger partial charge in [-0.15, -0.1) is 0 Å². The molecule has 17 heavy (non-hydrogen) atoms. The van der Waals surface area contributed by atoms with E-state index in [2.05, 4.69) is 9.47 Å². The Labute approximate surface area is 97.1 Å². The van der Waals surface area contributed by atoms with E-state index in [0.29, 0.717) is 0 Å². The van der Waals surface area contributed by atoms with Gasteiger partial charge in [0.25, 0.3) is 0 Å². The van der Waals surface area contributed by atoms with E-state index in [4.69, 9.17) is 16.9 Å². The molecule has 0 saturated carbocycles. The number of rotatable bonds is 0. The van der Waals surface area contributed by atoms with E-state index in [1.807, 2.05) is 0 Å². The number of ether oxygens (including phenoxy) is 2. The van der Waals surface area contributed by atoms with Gasteiger partial charge in [0.1, 0.15) is 6.07 Å². The number of benzene rings is 1. The fourth-order valence-electron chi connectivity index (χ4n) is 1.18. The molecule has 1 heterocycles. The highest BCUT2D eigenvalue weighted by Crippen LogP contribution is 2.48. The number of fused-ring (bicyclic) bond motifs is 1. The van der Waals surface area contributed by atoms with Crippen LogP contribution in [0.1, 0.15) is 5.56 Å². The van der Waals surface area contributed by atoms with Gasteiger partial charge < -0.3 is 9.47 Å². The molecule has 0 unspecified atom stereocenters. The van der Waals surface area contributed by atoms with Crippen LogP contribution in [-0.4, -0.2) is 12.2 Å². The first-order valence-electron chi connectivity index (χ1n) is 4.14. The van der Waals surface area contributed by atoms with E-state index < -0.39 is 23.7 Å². The van der Waals surface area contributed by atoms with Gasteiger partial charge in [-0.25, -0.2) is 0 Å². The second kappa shape index (κ2) is 3.40. The van der Waals surface area contributed by atoms with Gasteiger partial charge in [-0.1, -0.05) is 11.6 Å². The summed E-state index contributed by atoms with van der Waals surface area (Å²) >= 11 is 5.54. The third-order valence-corrected chi connectivity index (χ3v) is 2.28. The summed E-state index contributed by atoms with van der Waals surface area (Å²) in [7, 11) is 0. The highest BCUT2D eigenvalue weighted by atomic mass is 35.5. The molecule has 0 spiro atoms. The molecule has 0 radical (unpaired) electrons. The molecule has 0 N–H and O–H groups in total. The molecule has 90 valence electrons. The first-order chi connectivity index (χ1) is 7.77. The van der Waals surface area contributed by atoms with E-state index in [-0.39, 0.29) is 10.6 Å². The van der Waals surface area contributed by atoms with Crippen molar-refractivity contribution in [3.8, 4) is 17.6 Å². The Morgan fingerprint density at radius 2 is 1.53 bits per heavy atom. The van der Waals surface area contributed by atoms with Crippen molar-refractivity contribution in [3.05, 3.63) is 22.7 Å². The SMILES string of the molecule is N#Cc1cc2c(cc1Cl)OC(F)(F)C(F)(F)O2. The van der Waals surface area contributed by atoms with Crippen molar-refractivity contribution in [2.75, 3.05) is 0 Å². The van der Waals surface area contributed by atoms with E-state index in [1.165, 1.54) is 0 Å². The van der Waals surface area contributed by atoms with Crippen molar-refractivity contribution in [1.29, 1.82) is 5.26 Å². The van der Waals surface area contributed by atoms with Crippen molar-refractivity contribution in [3.63, 3.8) is 0 Å². The number of halogens is 5. The molecule has 0 atom stereocenters. The smallest absolute Gasteiger partial charge is 0.421 e. The summed E-state index contributed by atoms with van der Waals surface area (Å²) in [6.45, 7) is 0. The molecule has 0 aliphatic carbocycles. The third kappa shape index (κ3) is 1.74. The molecule has 1 aliphatic heterocycles. The molecule has 0 amide bonds. The molecule has 2 rings (SSSR count). The number of alkyl halides is 4. The molecular formula is C9H2ClF4NO2. The van der Waals surface area contributed by atoms with Gasteiger partial charge in [0.2, 0.25) is 0 Å². The van der Waals surface area contributed by atoms with Crippen LogP contribution in [0.5, 0.6) is 11.5 Å². The van der Waals surface area contributed by atoms with Crippen molar-refractivity contribution in [2.24, 2.45) is 0 Å². The largest absolute Gasteiger partial charge is 0.507 e. The lowest BCUT2D eigenvalue weighted by Crippen LogP contribution is -2.52. The average Bonchev–Trinajstić information content (AvgIpc) is 2.19. The van der Waals surface area contributed by atoms with Crippen LogP contribution in [0.2, 0.25) is 5.02 Å². The fourth-order valence-corrected chi connectivity index (χ4v) is 1.37. The van der Waals surface area contributed by atoms with E-state index in [0.717, 1.165) is 12.1 Å². The highest BCUT2D eigenvalue weighted by Gasteiger charge is 2.66. The van der Waals surface area contributed by atoms with Gasteiger partial charge in [-0.2, -0.15) is 22.8 Å². The van der Waals surface area contributed by atoms with Crippen LogP contribution in [0.25, 0.3) is 0 Å². The Balaban J connectivity index is 2.55. The van der Waals surface area contributed by atoms with Crippen LogP contribution in [-0.2, 0) is 0 Å². The van der Waals surface area contributed by atoms with E-state index in [9.17, 15) is 17.6 Å².